The highest BCUT2D eigenvalue weighted by Gasteiger charge is 2.45. The molecule has 4 heterocycles. The van der Waals surface area contributed by atoms with Gasteiger partial charge in [0.25, 0.3) is 0 Å². The van der Waals surface area contributed by atoms with Crippen LogP contribution in [0.4, 0.5) is 5.82 Å². The smallest absolute Gasteiger partial charge is 0.247 e. The zero-order valence-corrected chi connectivity index (χ0v) is 19.7. The third kappa shape index (κ3) is 4.19. The number of sulfonamides is 1. The van der Waals surface area contributed by atoms with Gasteiger partial charge < -0.3 is 15.0 Å². The fraction of sp³-hybridized carbons (Fsp3) is 0.727. The van der Waals surface area contributed by atoms with Gasteiger partial charge in [-0.15, -0.1) is 0 Å². The van der Waals surface area contributed by atoms with Crippen molar-refractivity contribution in [3.63, 3.8) is 0 Å². The van der Waals surface area contributed by atoms with Gasteiger partial charge in [0.15, 0.2) is 0 Å². The van der Waals surface area contributed by atoms with Crippen LogP contribution in [-0.4, -0.2) is 67.0 Å². The van der Waals surface area contributed by atoms with Crippen LogP contribution in [0.2, 0.25) is 0 Å². The Bertz CT molecular complexity index is 935. The number of anilines is 1. The number of aryl methyl sites for hydroxylation is 1. The number of carbonyl (C=O) groups is 1. The number of ether oxygens (including phenoxy) is 1. The van der Waals surface area contributed by atoms with E-state index in [1.165, 1.54) is 4.31 Å². The van der Waals surface area contributed by atoms with E-state index in [1.807, 2.05) is 32.6 Å². The molecule has 1 aromatic heterocycles. The summed E-state index contributed by atoms with van der Waals surface area (Å²) in [6, 6.07) is 2.76. The molecule has 3 aliphatic heterocycles. The van der Waals surface area contributed by atoms with Gasteiger partial charge in [0, 0.05) is 24.8 Å². The highest BCUT2D eigenvalue weighted by molar-refractivity contribution is 7.89. The summed E-state index contributed by atoms with van der Waals surface area (Å²) in [7, 11) is -3.88. The van der Waals surface area contributed by atoms with Crippen molar-refractivity contribution < 1.29 is 17.9 Å². The van der Waals surface area contributed by atoms with Crippen LogP contribution in [0, 0.1) is 6.92 Å². The number of nitrogens with zero attached hydrogens (tertiary/aromatic N) is 3. The van der Waals surface area contributed by atoms with Crippen molar-refractivity contribution in [2.45, 2.75) is 95.0 Å². The first-order valence-corrected chi connectivity index (χ1v) is 12.9. The van der Waals surface area contributed by atoms with Crippen molar-refractivity contribution in [2.75, 3.05) is 18.0 Å². The van der Waals surface area contributed by atoms with Gasteiger partial charge in [-0.05, 0) is 71.9 Å². The molecule has 0 spiro atoms. The maximum absolute atomic E-state index is 13.7. The summed E-state index contributed by atoms with van der Waals surface area (Å²) in [5.41, 5.74) is 0.764. The summed E-state index contributed by atoms with van der Waals surface area (Å²) in [5, 5.41) is 3.09. The van der Waals surface area contributed by atoms with Crippen molar-refractivity contribution in [1.29, 1.82) is 0 Å². The van der Waals surface area contributed by atoms with E-state index in [9.17, 15) is 13.2 Å². The van der Waals surface area contributed by atoms with Gasteiger partial charge in [0.1, 0.15) is 16.8 Å². The molecule has 1 aromatic rings. The Kier molecular flexibility index (Phi) is 6.29. The normalized spacial score (nSPS) is 28.4. The predicted molar refractivity (Wildman–Crippen MR) is 118 cm³/mol. The molecule has 0 aliphatic carbocycles. The molecule has 8 nitrogen and oxygen atoms in total. The number of pyridine rings is 1. The lowest BCUT2D eigenvalue weighted by Gasteiger charge is -2.31. The minimum atomic E-state index is -3.88. The predicted octanol–water partition coefficient (Wildman–Crippen LogP) is 2.21. The van der Waals surface area contributed by atoms with Crippen LogP contribution in [0.25, 0.3) is 0 Å². The minimum absolute atomic E-state index is 0.00969. The zero-order valence-electron chi connectivity index (χ0n) is 18.9. The highest BCUT2D eigenvalue weighted by Crippen LogP contribution is 2.35. The molecule has 2 bridgehead atoms. The van der Waals surface area contributed by atoms with E-state index in [4.69, 9.17) is 4.74 Å². The summed E-state index contributed by atoms with van der Waals surface area (Å²) in [5.74, 6) is 0.255. The number of hydrogen-bond acceptors (Lipinski definition) is 6. The monoisotopic (exact) mass is 450 g/mol. The Balaban J connectivity index is 1.60. The fourth-order valence-electron chi connectivity index (χ4n) is 5.18. The summed E-state index contributed by atoms with van der Waals surface area (Å²) in [4.78, 5) is 19.9. The fourth-order valence-corrected chi connectivity index (χ4v) is 6.97. The van der Waals surface area contributed by atoms with Crippen LogP contribution < -0.4 is 10.2 Å². The Morgan fingerprint density at radius 3 is 2.71 bits per heavy atom. The first-order chi connectivity index (χ1) is 14.7. The van der Waals surface area contributed by atoms with Crippen LogP contribution in [0.1, 0.15) is 58.6 Å². The molecule has 31 heavy (non-hydrogen) atoms. The van der Waals surface area contributed by atoms with Crippen molar-refractivity contribution in [1.82, 2.24) is 14.6 Å². The average molecular weight is 451 g/mol. The lowest BCUT2D eigenvalue weighted by Crippen LogP contribution is -2.51. The van der Waals surface area contributed by atoms with Crippen LogP contribution in [0.3, 0.4) is 0 Å². The number of hydrogen-bond donors (Lipinski definition) is 1. The van der Waals surface area contributed by atoms with E-state index < -0.39 is 16.1 Å². The quantitative estimate of drug-likeness (QED) is 0.685. The maximum atomic E-state index is 13.7. The van der Waals surface area contributed by atoms with Crippen LogP contribution >= 0.6 is 0 Å². The standard InChI is InChI=1S/C22H34N4O4S/c1-5-25(14(2)3)21-20(11-8-15(4)23-21)31(28,29)26-12-6-7-18(26)22(27)24-17-13-16-9-10-19(17)30-16/h8,11,14,16-19H,5-7,9-10,12-13H2,1-4H3,(H,24,27)/t16?,17?,18-,19?/m0/s1. The van der Waals surface area contributed by atoms with Gasteiger partial charge >= 0.3 is 0 Å². The molecule has 4 atom stereocenters. The minimum Gasteiger partial charge on any atom is -0.373 e. The molecule has 0 saturated carbocycles. The van der Waals surface area contributed by atoms with E-state index >= 15 is 0 Å². The average Bonchev–Trinajstić information content (AvgIpc) is 3.45. The zero-order chi connectivity index (χ0) is 22.3. The number of rotatable bonds is 7. The summed E-state index contributed by atoms with van der Waals surface area (Å²) < 4.78 is 34.7. The van der Waals surface area contributed by atoms with Gasteiger partial charge in [-0.1, -0.05) is 0 Å². The van der Waals surface area contributed by atoms with Gasteiger partial charge in [-0.2, -0.15) is 4.31 Å². The van der Waals surface area contributed by atoms with Crippen molar-refractivity contribution in [3.8, 4) is 0 Å². The van der Waals surface area contributed by atoms with E-state index in [0.717, 1.165) is 25.0 Å². The topological polar surface area (TPSA) is 91.8 Å². The molecule has 9 heteroatoms. The van der Waals surface area contributed by atoms with Crippen LogP contribution in [0.5, 0.6) is 0 Å². The first kappa shape index (κ1) is 22.5. The summed E-state index contributed by atoms with van der Waals surface area (Å²) in [6.07, 6.45) is 4.33. The molecule has 0 radical (unpaired) electrons. The van der Waals surface area contributed by atoms with E-state index in [2.05, 4.69) is 10.3 Å². The Hall–Kier alpha value is -1.71. The molecule has 3 aliphatic rings. The van der Waals surface area contributed by atoms with Crippen molar-refractivity contribution >= 4 is 21.7 Å². The number of nitrogens with one attached hydrogen (secondary N) is 1. The Morgan fingerprint density at radius 1 is 1.32 bits per heavy atom. The summed E-state index contributed by atoms with van der Waals surface area (Å²) in [6.45, 7) is 8.88. The van der Waals surface area contributed by atoms with Gasteiger partial charge in [-0.3, -0.25) is 4.79 Å². The second-order valence-electron chi connectivity index (χ2n) is 9.15. The Morgan fingerprint density at radius 2 is 2.10 bits per heavy atom. The van der Waals surface area contributed by atoms with E-state index in [-0.39, 0.29) is 35.1 Å². The third-order valence-corrected chi connectivity index (χ3v) is 8.67. The molecule has 1 amide bonds. The second kappa shape index (κ2) is 8.67. The summed E-state index contributed by atoms with van der Waals surface area (Å²) >= 11 is 0. The van der Waals surface area contributed by atoms with Crippen molar-refractivity contribution in [3.05, 3.63) is 17.8 Å². The van der Waals surface area contributed by atoms with E-state index in [0.29, 0.717) is 31.7 Å². The first-order valence-electron chi connectivity index (χ1n) is 11.4. The number of amides is 1. The maximum Gasteiger partial charge on any atom is 0.247 e. The molecule has 3 unspecified atom stereocenters. The molecule has 3 saturated heterocycles. The lowest BCUT2D eigenvalue weighted by atomic mass is 9.95. The molecule has 1 N–H and O–H groups in total. The largest absolute Gasteiger partial charge is 0.373 e. The highest BCUT2D eigenvalue weighted by atomic mass is 32.2. The van der Waals surface area contributed by atoms with Crippen LogP contribution in [-0.2, 0) is 19.6 Å². The molecular weight excluding hydrogens is 416 g/mol. The number of carbonyl (C=O) groups excluding carboxylic acids is 1. The van der Waals surface area contributed by atoms with Gasteiger partial charge in [-0.25, -0.2) is 13.4 Å². The van der Waals surface area contributed by atoms with Gasteiger partial charge in [0.05, 0.1) is 18.2 Å². The third-order valence-electron chi connectivity index (χ3n) is 6.74. The van der Waals surface area contributed by atoms with E-state index in [1.54, 1.807) is 12.1 Å². The van der Waals surface area contributed by atoms with Gasteiger partial charge in [0.2, 0.25) is 15.9 Å². The lowest BCUT2D eigenvalue weighted by molar-refractivity contribution is -0.125. The molecule has 0 aromatic carbocycles. The number of aromatic nitrogens is 1. The molecule has 3 fully saturated rings. The van der Waals surface area contributed by atoms with Crippen molar-refractivity contribution in [2.24, 2.45) is 0 Å². The van der Waals surface area contributed by atoms with Crippen LogP contribution in [0.15, 0.2) is 17.0 Å². The SMILES string of the molecule is CCN(c1nc(C)ccc1S(=O)(=O)N1CCC[C@H]1C(=O)NC1CC2CCC1O2)C(C)C. The molecular formula is C22H34N4O4S. The molecule has 172 valence electrons. The molecule has 4 rings (SSSR count). The number of fused-ring (bicyclic) bond motifs is 2. The second-order valence-corrected chi connectivity index (χ2v) is 11.0. The Labute approximate surface area is 185 Å².